The summed E-state index contributed by atoms with van der Waals surface area (Å²) in [6.45, 7) is 4.54. The SMILES string of the molecule is Cc1cc(NC(=O)c2cc(C[C@H](C)O)n(-c3ccc(Cl)cc3OC(F)(F)F)c2C)ccc1S(N)(=O)=O. The predicted molar refractivity (Wildman–Crippen MR) is 128 cm³/mol. The van der Waals surface area contributed by atoms with Crippen LogP contribution in [0.5, 0.6) is 5.75 Å². The summed E-state index contributed by atoms with van der Waals surface area (Å²) in [5, 5.41) is 17.8. The summed E-state index contributed by atoms with van der Waals surface area (Å²) < 4.78 is 68.0. The van der Waals surface area contributed by atoms with E-state index in [1.807, 2.05) is 0 Å². The van der Waals surface area contributed by atoms with Gasteiger partial charge in [-0.25, -0.2) is 13.6 Å². The number of nitrogens with one attached hydrogen (secondary N) is 1. The number of rotatable bonds is 7. The molecule has 4 N–H and O–H groups in total. The van der Waals surface area contributed by atoms with Crippen molar-refractivity contribution in [3.05, 3.63) is 70.0 Å². The quantitative estimate of drug-likeness (QED) is 0.404. The first-order valence-corrected chi connectivity index (χ1v) is 12.4. The number of carbonyl (C=O) groups is 1. The van der Waals surface area contributed by atoms with Crippen molar-refractivity contribution in [3.63, 3.8) is 0 Å². The van der Waals surface area contributed by atoms with E-state index in [2.05, 4.69) is 10.1 Å². The Hall–Kier alpha value is -3.06. The Morgan fingerprint density at radius 1 is 1.19 bits per heavy atom. The molecule has 0 aliphatic carbocycles. The van der Waals surface area contributed by atoms with Crippen molar-refractivity contribution in [2.45, 2.75) is 44.6 Å². The van der Waals surface area contributed by atoms with Crippen LogP contribution in [0.1, 0.15) is 34.2 Å². The monoisotopic (exact) mass is 545 g/mol. The molecule has 1 amide bonds. The molecule has 0 saturated heterocycles. The van der Waals surface area contributed by atoms with Crippen LogP contribution in [-0.2, 0) is 16.4 Å². The lowest BCUT2D eigenvalue weighted by Gasteiger charge is -2.18. The van der Waals surface area contributed by atoms with Crippen LogP contribution in [0.3, 0.4) is 0 Å². The summed E-state index contributed by atoms with van der Waals surface area (Å²) in [6, 6.07) is 9.20. The standard InChI is InChI=1S/C23H23ClF3N3O5S/c1-12-8-16(5-7-21(12)36(28,33)34)29-22(32)18-11-17(9-13(2)31)30(14(18)3)19-6-4-15(24)10-20(19)35-23(25,26)27/h4-8,10-11,13,31H,9H2,1-3H3,(H,29,32)(H2,28,33,34)/t13-/m0/s1. The summed E-state index contributed by atoms with van der Waals surface area (Å²) in [5.41, 5.74) is 1.30. The number of carbonyl (C=O) groups excluding carboxylic acids is 1. The number of benzene rings is 2. The number of halogens is 4. The van der Waals surface area contributed by atoms with Crippen molar-refractivity contribution in [2.75, 3.05) is 5.32 Å². The summed E-state index contributed by atoms with van der Waals surface area (Å²) in [5.74, 6) is -1.19. The average molecular weight is 546 g/mol. The Morgan fingerprint density at radius 2 is 1.86 bits per heavy atom. The third-order valence-corrected chi connectivity index (χ3v) is 6.51. The number of aliphatic hydroxyl groups excluding tert-OH is 1. The fourth-order valence-corrected chi connectivity index (χ4v) is 4.74. The molecule has 0 fully saturated rings. The van der Waals surface area contributed by atoms with Crippen LogP contribution in [0.2, 0.25) is 5.02 Å². The lowest BCUT2D eigenvalue weighted by molar-refractivity contribution is -0.274. The number of aryl methyl sites for hydroxylation is 1. The van der Waals surface area contributed by atoms with Gasteiger partial charge in [0.2, 0.25) is 10.0 Å². The molecule has 1 aromatic heterocycles. The molecule has 2 aromatic carbocycles. The van der Waals surface area contributed by atoms with E-state index in [0.717, 1.165) is 6.07 Å². The van der Waals surface area contributed by atoms with E-state index in [1.165, 1.54) is 61.7 Å². The zero-order chi connectivity index (χ0) is 27.0. The van der Waals surface area contributed by atoms with Crippen molar-refractivity contribution >= 4 is 33.2 Å². The van der Waals surface area contributed by atoms with Crippen LogP contribution < -0.4 is 15.2 Å². The molecular weight excluding hydrogens is 523 g/mol. The first-order valence-electron chi connectivity index (χ1n) is 10.5. The van der Waals surface area contributed by atoms with Gasteiger partial charge in [0.05, 0.1) is 22.3 Å². The Labute approximate surface area is 210 Å². The highest BCUT2D eigenvalue weighted by Gasteiger charge is 2.33. The van der Waals surface area contributed by atoms with Crippen molar-refractivity contribution in [2.24, 2.45) is 5.14 Å². The minimum Gasteiger partial charge on any atom is -0.403 e. The molecule has 0 spiro atoms. The molecule has 0 bridgehead atoms. The number of aliphatic hydroxyl groups is 1. The second-order valence-electron chi connectivity index (χ2n) is 8.16. The number of hydrogen-bond acceptors (Lipinski definition) is 5. The van der Waals surface area contributed by atoms with E-state index in [-0.39, 0.29) is 39.0 Å². The van der Waals surface area contributed by atoms with E-state index in [9.17, 15) is 31.5 Å². The number of primary sulfonamides is 1. The molecule has 194 valence electrons. The minimum atomic E-state index is -4.99. The predicted octanol–water partition coefficient (Wildman–Crippen LogP) is 4.47. The summed E-state index contributed by atoms with van der Waals surface area (Å²) in [6.07, 6.45) is -5.85. The molecule has 3 rings (SSSR count). The van der Waals surface area contributed by atoms with Gasteiger partial charge in [0.1, 0.15) is 0 Å². The number of aromatic nitrogens is 1. The second-order valence-corrected chi connectivity index (χ2v) is 10.1. The van der Waals surface area contributed by atoms with Gasteiger partial charge in [0.25, 0.3) is 5.91 Å². The number of anilines is 1. The van der Waals surface area contributed by atoms with Crippen molar-refractivity contribution < 1.29 is 36.2 Å². The lowest BCUT2D eigenvalue weighted by atomic mass is 10.1. The Balaban J connectivity index is 2.07. The van der Waals surface area contributed by atoms with Gasteiger partial charge in [-0.3, -0.25) is 4.79 Å². The van der Waals surface area contributed by atoms with Crippen LogP contribution >= 0.6 is 11.6 Å². The fraction of sp³-hybridized carbons (Fsp3) is 0.261. The molecule has 13 heteroatoms. The van der Waals surface area contributed by atoms with Crippen LogP contribution in [0.4, 0.5) is 18.9 Å². The largest absolute Gasteiger partial charge is 0.573 e. The number of nitrogens with two attached hydrogens (primary N) is 1. The topological polar surface area (TPSA) is 124 Å². The number of ether oxygens (including phenoxy) is 1. The smallest absolute Gasteiger partial charge is 0.403 e. The van der Waals surface area contributed by atoms with Gasteiger partial charge in [-0.05, 0) is 62.7 Å². The lowest BCUT2D eigenvalue weighted by Crippen LogP contribution is -2.19. The first-order chi connectivity index (χ1) is 16.6. The van der Waals surface area contributed by atoms with E-state index < -0.39 is 34.1 Å². The van der Waals surface area contributed by atoms with Crippen LogP contribution in [0.25, 0.3) is 5.69 Å². The second kappa shape index (κ2) is 10.1. The molecule has 36 heavy (non-hydrogen) atoms. The number of nitrogens with zero attached hydrogens (tertiary/aromatic N) is 1. The van der Waals surface area contributed by atoms with Gasteiger partial charge >= 0.3 is 6.36 Å². The van der Waals surface area contributed by atoms with Gasteiger partial charge < -0.3 is 19.7 Å². The Morgan fingerprint density at radius 3 is 2.42 bits per heavy atom. The summed E-state index contributed by atoms with van der Waals surface area (Å²) in [7, 11) is -3.94. The van der Waals surface area contributed by atoms with E-state index in [1.54, 1.807) is 0 Å². The maximum absolute atomic E-state index is 13.1. The van der Waals surface area contributed by atoms with E-state index >= 15 is 0 Å². The minimum absolute atomic E-state index is 0.0103. The zero-order valence-corrected chi connectivity index (χ0v) is 20.9. The summed E-state index contributed by atoms with van der Waals surface area (Å²) >= 11 is 5.89. The number of alkyl halides is 3. The molecule has 3 aromatic rings. The maximum Gasteiger partial charge on any atom is 0.573 e. The molecule has 0 unspecified atom stereocenters. The van der Waals surface area contributed by atoms with E-state index in [0.29, 0.717) is 11.3 Å². The van der Waals surface area contributed by atoms with Crippen molar-refractivity contribution in [3.8, 4) is 11.4 Å². The molecule has 8 nitrogen and oxygen atoms in total. The van der Waals surface area contributed by atoms with Gasteiger partial charge in [-0.1, -0.05) is 11.6 Å². The highest BCUT2D eigenvalue weighted by Crippen LogP contribution is 2.35. The molecule has 1 heterocycles. The number of hydrogen-bond donors (Lipinski definition) is 3. The Bertz CT molecular complexity index is 1420. The molecule has 0 aliphatic rings. The van der Waals surface area contributed by atoms with Gasteiger partial charge in [0.15, 0.2) is 5.75 Å². The van der Waals surface area contributed by atoms with Crippen LogP contribution in [-0.4, -0.2) is 36.5 Å². The van der Waals surface area contributed by atoms with Gasteiger partial charge in [-0.2, -0.15) is 0 Å². The highest BCUT2D eigenvalue weighted by molar-refractivity contribution is 7.89. The van der Waals surface area contributed by atoms with Gasteiger partial charge in [0, 0.05) is 34.6 Å². The Kier molecular flexibility index (Phi) is 7.75. The van der Waals surface area contributed by atoms with Crippen molar-refractivity contribution in [1.29, 1.82) is 0 Å². The first kappa shape index (κ1) is 27.5. The molecule has 0 saturated carbocycles. The number of sulfonamides is 1. The van der Waals surface area contributed by atoms with Crippen LogP contribution in [0, 0.1) is 13.8 Å². The maximum atomic E-state index is 13.1. The summed E-state index contributed by atoms with van der Waals surface area (Å²) in [4.78, 5) is 13.0. The normalized spacial score (nSPS) is 12.9. The molecule has 0 aliphatic heterocycles. The third-order valence-electron chi connectivity index (χ3n) is 5.20. The third kappa shape index (κ3) is 6.38. The molecular formula is C23H23ClF3N3O5S. The highest BCUT2D eigenvalue weighted by atomic mass is 35.5. The van der Waals surface area contributed by atoms with Crippen LogP contribution in [0.15, 0.2) is 47.4 Å². The number of amides is 1. The average Bonchev–Trinajstić information content (AvgIpc) is 3.01. The molecule has 1 atom stereocenters. The van der Waals surface area contributed by atoms with Crippen molar-refractivity contribution in [1.82, 2.24) is 4.57 Å². The van der Waals surface area contributed by atoms with E-state index in [4.69, 9.17) is 16.7 Å². The fourth-order valence-electron chi connectivity index (χ4n) is 3.81. The molecule has 0 radical (unpaired) electrons. The zero-order valence-electron chi connectivity index (χ0n) is 19.4. The van der Waals surface area contributed by atoms with Gasteiger partial charge in [-0.15, -0.1) is 13.2 Å².